The van der Waals surface area contributed by atoms with Gasteiger partial charge in [-0.25, -0.2) is 0 Å². The zero-order valence-electron chi connectivity index (χ0n) is 10.2. The molecule has 0 bridgehead atoms. The Labute approximate surface area is 123 Å². The fraction of sp³-hybridized carbons (Fsp3) is 0.214. The van der Waals surface area contributed by atoms with Gasteiger partial charge in [-0.3, -0.25) is 4.79 Å². The second-order valence-corrected chi connectivity index (χ2v) is 6.57. The molecule has 3 N–H and O–H groups in total. The van der Waals surface area contributed by atoms with Crippen LogP contribution in [0.25, 0.3) is 10.1 Å². The molecule has 1 heterocycles. The first-order valence-corrected chi connectivity index (χ1v) is 7.69. The normalized spacial score (nSPS) is 15.2. The SMILES string of the molecule is Nc1c(C(=O)NC2CC=CC2)sc2ccc(Br)cc12. The number of halogens is 1. The van der Waals surface area contributed by atoms with E-state index < -0.39 is 0 Å². The molecule has 0 radical (unpaired) electrons. The van der Waals surface area contributed by atoms with Crippen molar-refractivity contribution in [2.24, 2.45) is 0 Å². The summed E-state index contributed by atoms with van der Waals surface area (Å²) in [6, 6.07) is 6.11. The monoisotopic (exact) mass is 336 g/mol. The average Bonchev–Trinajstić information content (AvgIpc) is 2.98. The summed E-state index contributed by atoms with van der Waals surface area (Å²) in [6.07, 6.45) is 6.00. The molecule has 1 aliphatic rings. The number of thiophene rings is 1. The van der Waals surface area contributed by atoms with Gasteiger partial charge >= 0.3 is 0 Å². The Morgan fingerprint density at radius 1 is 1.37 bits per heavy atom. The van der Waals surface area contributed by atoms with Crippen LogP contribution in [0.1, 0.15) is 22.5 Å². The van der Waals surface area contributed by atoms with E-state index in [0.717, 1.165) is 27.4 Å². The van der Waals surface area contributed by atoms with Crippen molar-refractivity contribution in [3.05, 3.63) is 39.7 Å². The van der Waals surface area contributed by atoms with E-state index in [1.54, 1.807) is 0 Å². The summed E-state index contributed by atoms with van der Waals surface area (Å²) in [5.74, 6) is -0.0662. The number of rotatable bonds is 2. The lowest BCUT2D eigenvalue weighted by Crippen LogP contribution is -2.32. The number of carbonyl (C=O) groups is 1. The second kappa shape index (κ2) is 4.98. The van der Waals surface area contributed by atoms with Crippen molar-refractivity contribution in [1.82, 2.24) is 5.32 Å². The molecule has 0 saturated heterocycles. The Hall–Kier alpha value is -1.33. The van der Waals surface area contributed by atoms with E-state index in [1.165, 1.54) is 11.3 Å². The maximum atomic E-state index is 12.3. The van der Waals surface area contributed by atoms with Crippen molar-refractivity contribution in [3.8, 4) is 0 Å². The van der Waals surface area contributed by atoms with E-state index >= 15 is 0 Å². The van der Waals surface area contributed by atoms with Crippen molar-refractivity contribution >= 4 is 48.9 Å². The van der Waals surface area contributed by atoms with Crippen LogP contribution in [0.2, 0.25) is 0 Å². The molecule has 1 aliphatic carbocycles. The summed E-state index contributed by atoms with van der Waals surface area (Å²) in [5, 5.41) is 3.97. The molecule has 0 spiro atoms. The minimum Gasteiger partial charge on any atom is -0.397 e. The lowest BCUT2D eigenvalue weighted by Gasteiger charge is -2.11. The van der Waals surface area contributed by atoms with Crippen molar-refractivity contribution in [2.45, 2.75) is 18.9 Å². The molecule has 3 nitrogen and oxygen atoms in total. The Kier molecular flexibility index (Phi) is 3.33. The highest BCUT2D eigenvalue weighted by Crippen LogP contribution is 2.35. The standard InChI is InChI=1S/C14H13BrN2OS/c15-8-5-6-11-10(7-8)12(16)13(19-11)14(18)17-9-3-1-2-4-9/h1-2,5-7,9H,3-4,16H2,(H,17,18). The molecule has 98 valence electrons. The zero-order chi connectivity index (χ0) is 13.4. The van der Waals surface area contributed by atoms with E-state index in [4.69, 9.17) is 5.73 Å². The van der Waals surface area contributed by atoms with Gasteiger partial charge in [0.2, 0.25) is 0 Å². The fourth-order valence-electron chi connectivity index (χ4n) is 2.24. The molecule has 19 heavy (non-hydrogen) atoms. The number of nitrogen functional groups attached to an aromatic ring is 1. The summed E-state index contributed by atoms with van der Waals surface area (Å²) in [7, 11) is 0. The predicted octanol–water partition coefficient (Wildman–Crippen LogP) is 3.69. The quantitative estimate of drug-likeness (QED) is 0.821. The van der Waals surface area contributed by atoms with Crippen LogP contribution in [0, 0.1) is 0 Å². The van der Waals surface area contributed by atoms with E-state index in [1.807, 2.05) is 18.2 Å². The highest BCUT2D eigenvalue weighted by Gasteiger charge is 2.20. The molecule has 0 aliphatic heterocycles. The smallest absolute Gasteiger partial charge is 0.263 e. The molecule has 0 unspecified atom stereocenters. The summed E-state index contributed by atoms with van der Waals surface area (Å²) >= 11 is 4.87. The van der Waals surface area contributed by atoms with Crippen LogP contribution >= 0.6 is 27.3 Å². The van der Waals surface area contributed by atoms with Gasteiger partial charge in [-0.1, -0.05) is 28.1 Å². The van der Waals surface area contributed by atoms with Crippen molar-refractivity contribution in [2.75, 3.05) is 5.73 Å². The van der Waals surface area contributed by atoms with Gasteiger partial charge in [-0.05, 0) is 31.0 Å². The van der Waals surface area contributed by atoms with Gasteiger partial charge in [0.1, 0.15) is 4.88 Å². The predicted molar refractivity (Wildman–Crippen MR) is 83.6 cm³/mol. The third-order valence-electron chi connectivity index (χ3n) is 3.24. The van der Waals surface area contributed by atoms with Gasteiger partial charge in [-0.15, -0.1) is 11.3 Å². The molecule has 0 fully saturated rings. The maximum absolute atomic E-state index is 12.3. The molecule has 0 atom stereocenters. The third kappa shape index (κ3) is 2.40. The number of amides is 1. The number of anilines is 1. The molecule has 3 rings (SSSR count). The first-order valence-electron chi connectivity index (χ1n) is 6.08. The Morgan fingerprint density at radius 2 is 2.11 bits per heavy atom. The first-order chi connectivity index (χ1) is 9.15. The van der Waals surface area contributed by atoms with Crippen LogP contribution < -0.4 is 11.1 Å². The Bertz CT molecular complexity index is 669. The number of fused-ring (bicyclic) bond motifs is 1. The largest absolute Gasteiger partial charge is 0.397 e. The molecule has 1 amide bonds. The van der Waals surface area contributed by atoms with Crippen LogP contribution in [0.4, 0.5) is 5.69 Å². The van der Waals surface area contributed by atoms with Gasteiger partial charge in [0.15, 0.2) is 0 Å². The Balaban J connectivity index is 1.91. The lowest BCUT2D eigenvalue weighted by atomic mass is 10.2. The van der Waals surface area contributed by atoms with Crippen molar-refractivity contribution in [1.29, 1.82) is 0 Å². The second-order valence-electron chi connectivity index (χ2n) is 4.60. The number of carbonyl (C=O) groups excluding carboxylic acids is 1. The molecule has 1 aromatic carbocycles. The van der Waals surface area contributed by atoms with E-state index in [-0.39, 0.29) is 11.9 Å². The molecule has 2 aromatic rings. The number of hydrogen-bond acceptors (Lipinski definition) is 3. The average molecular weight is 337 g/mol. The lowest BCUT2D eigenvalue weighted by molar-refractivity contribution is 0.0944. The summed E-state index contributed by atoms with van der Waals surface area (Å²) < 4.78 is 2.01. The van der Waals surface area contributed by atoms with Crippen LogP contribution in [-0.4, -0.2) is 11.9 Å². The molecular weight excluding hydrogens is 324 g/mol. The number of hydrogen-bond donors (Lipinski definition) is 2. The first kappa shape index (κ1) is 12.7. The topological polar surface area (TPSA) is 55.1 Å². The van der Waals surface area contributed by atoms with Gasteiger partial charge in [-0.2, -0.15) is 0 Å². The van der Waals surface area contributed by atoms with Crippen LogP contribution in [0.3, 0.4) is 0 Å². The number of nitrogens with two attached hydrogens (primary N) is 1. The summed E-state index contributed by atoms with van der Waals surface area (Å²) in [4.78, 5) is 12.9. The molecular formula is C14H13BrN2OS. The van der Waals surface area contributed by atoms with Crippen LogP contribution in [0.5, 0.6) is 0 Å². The van der Waals surface area contributed by atoms with Gasteiger partial charge in [0.25, 0.3) is 5.91 Å². The third-order valence-corrected chi connectivity index (χ3v) is 4.92. The minimum atomic E-state index is -0.0662. The summed E-state index contributed by atoms with van der Waals surface area (Å²) in [6.45, 7) is 0. The fourth-order valence-corrected chi connectivity index (χ4v) is 3.61. The molecule has 5 heteroatoms. The Morgan fingerprint density at radius 3 is 2.84 bits per heavy atom. The van der Waals surface area contributed by atoms with E-state index in [2.05, 4.69) is 33.4 Å². The van der Waals surface area contributed by atoms with Gasteiger partial charge in [0, 0.05) is 20.6 Å². The van der Waals surface area contributed by atoms with Crippen molar-refractivity contribution < 1.29 is 4.79 Å². The van der Waals surface area contributed by atoms with E-state index in [0.29, 0.717) is 10.6 Å². The maximum Gasteiger partial charge on any atom is 0.263 e. The van der Waals surface area contributed by atoms with E-state index in [9.17, 15) is 4.79 Å². The van der Waals surface area contributed by atoms with Gasteiger partial charge in [0.05, 0.1) is 5.69 Å². The van der Waals surface area contributed by atoms with Crippen LogP contribution in [-0.2, 0) is 0 Å². The van der Waals surface area contributed by atoms with Crippen LogP contribution in [0.15, 0.2) is 34.8 Å². The van der Waals surface area contributed by atoms with Gasteiger partial charge < -0.3 is 11.1 Å². The van der Waals surface area contributed by atoms with Crippen molar-refractivity contribution in [3.63, 3.8) is 0 Å². The highest BCUT2D eigenvalue weighted by molar-refractivity contribution is 9.10. The number of benzene rings is 1. The zero-order valence-corrected chi connectivity index (χ0v) is 12.6. The number of nitrogens with one attached hydrogen (secondary N) is 1. The summed E-state index contributed by atoms with van der Waals surface area (Å²) in [5.41, 5.74) is 6.67. The minimum absolute atomic E-state index is 0.0662. The molecule has 1 aromatic heterocycles. The molecule has 0 saturated carbocycles. The highest BCUT2D eigenvalue weighted by atomic mass is 79.9.